The molecule has 0 aliphatic rings. The van der Waals surface area contributed by atoms with Crippen molar-refractivity contribution < 1.29 is 9.90 Å². The predicted octanol–water partition coefficient (Wildman–Crippen LogP) is 1.82. The van der Waals surface area contributed by atoms with Gasteiger partial charge in [-0.3, -0.25) is 9.48 Å². The van der Waals surface area contributed by atoms with Crippen LogP contribution < -0.4 is 10.6 Å². The number of hydrogen-bond acceptors (Lipinski definition) is 4. The minimum Gasteiger partial charge on any atom is -0.508 e. The van der Waals surface area contributed by atoms with Crippen molar-refractivity contribution in [2.45, 2.75) is 26.4 Å². The van der Waals surface area contributed by atoms with Gasteiger partial charge in [-0.05, 0) is 19.9 Å². The zero-order valence-corrected chi connectivity index (χ0v) is 12.4. The van der Waals surface area contributed by atoms with Crippen molar-refractivity contribution in [1.82, 2.24) is 15.1 Å². The van der Waals surface area contributed by atoms with Crippen molar-refractivity contribution >= 4 is 11.6 Å². The van der Waals surface area contributed by atoms with Gasteiger partial charge in [0.15, 0.2) is 0 Å². The summed E-state index contributed by atoms with van der Waals surface area (Å²) in [6.45, 7) is 4.13. The highest BCUT2D eigenvalue weighted by atomic mass is 16.3. The molecule has 2 rings (SSSR count). The van der Waals surface area contributed by atoms with Crippen LogP contribution in [0.25, 0.3) is 0 Å². The highest BCUT2D eigenvalue weighted by molar-refractivity contribution is 5.75. The minimum absolute atomic E-state index is 0.0671. The molecular formula is C15H20N4O2. The van der Waals surface area contributed by atoms with E-state index in [4.69, 9.17) is 0 Å². The first-order chi connectivity index (χ1) is 9.99. The standard InChI is InChI=1S/C15H20N4O2/c1-10-4-5-14(20)13(6-10)11(2)18-12-7-17-19(8-12)9-15(21)16-3/h4-8,11,18,20H,9H2,1-3H3,(H,16,21). The predicted molar refractivity (Wildman–Crippen MR) is 81.2 cm³/mol. The average molecular weight is 288 g/mol. The van der Waals surface area contributed by atoms with Crippen LogP contribution in [0.15, 0.2) is 30.6 Å². The van der Waals surface area contributed by atoms with Crippen LogP contribution in [-0.2, 0) is 11.3 Å². The molecule has 1 aromatic carbocycles. The lowest BCUT2D eigenvalue weighted by atomic mass is 10.0. The second-order valence-corrected chi connectivity index (χ2v) is 5.03. The Balaban J connectivity index is 2.07. The summed E-state index contributed by atoms with van der Waals surface area (Å²) < 4.78 is 1.56. The molecule has 1 heterocycles. The molecule has 0 spiro atoms. The van der Waals surface area contributed by atoms with E-state index >= 15 is 0 Å². The smallest absolute Gasteiger partial charge is 0.241 e. The van der Waals surface area contributed by atoms with E-state index in [0.29, 0.717) is 0 Å². The number of anilines is 1. The van der Waals surface area contributed by atoms with Crippen molar-refractivity contribution in [2.75, 3.05) is 12.4 Å². The number of benzene rings is 1. The number of likely N-dealkylation sites (N-methyl/N-ethyl adjacent to an activating group) is 1. The van der Waals surface area contributed by atoms with Crippen LogP contribution in [0.2, 0.25) is 0 Å². The quantitative estimate of drug-likeness (QED) is 0.784. The Hall–Kier alpha value is -2.50. The Morgan fingerprint density at radius 2 is 2.24 bits per heavy atom. The molecule has 0 saturated heterocycles. The molecule has 112 valence electrons. The van der Waals surface area contributed by atoms with Gasteiger partial charge in [-0.1, -0.05) is 17.7 Å². The van der Waals surface area contributed by atoms with Gasteiger partial charge in [0, 0.05) is 18.8 Å². The molecule has 0 aliphatic carbocycles. The van der Waals surface area contributed by atoms with E-state index in [0.717, 1.165) is 16.8 Å². The molecule has 6 heteroatoms. The largest absolute Gasteiger partial charge is 0.508 e. The van der Waals surface area contributed by atoms with Crippen molar-refractivity contribution in [2.24, 2.45) is 0 Å². The van der Waals surface area contributed by atoms with Crippen LogP contribution in [0.3, 0.4) is 0 Å². The van der Waals surface area contributed by atoms with Gasteiger partial charge < -0.3 is 15.7 Å². The van der Waals surface area contributed by atoms with Crippen molar-refractivity contribution in [1.29, 1.82) is 0 Å². The second-order valence-electron chi connectivity index (χ2n) is 5.03. The lowest BCUT2D eigenvalue weighted by Crippen LogP contribution is -2.23. The van der Waals surface area contributed by atoms with Gasteiger partial charge in [0.1, 0.15) is 12.3 Å². The third kappa shape index (κ3) is 3.75. The number of aromatic hydroxyl groups is 1. The summed E-state index contributed by atoms with van der Waals surface area (Å²) in [7, 11) is 1.59. The SMILES string of the molecule is CNC(=O)Cn1cc(NC(C)c2cc(C)ccc2O)cn1. The minimum atomic E-state index is -0.103. The number of hydrogen-bond donors (Lipinski definition) is 3. The Morgan fingerprint density at radius 1 is 1.48 bits per heavy atom. The molecule has 21 heavy (non-hydrogen) atoms. The summed E-state index contributed by atoms with van der Waals surface area (Å²) >= 11 is 0. The summed E-state index contributed by atoms with van der Waals surface area (Å²) in [5, 5.41) is 19.9. The highest BCUT2D eigenvalue weighted by Crippen LogP contribution is 2.27. The Labute approximate surface area is 123 Å². The number of rotatable bonds is 5. The molecule has 0 bridgehead atoms. The number of phenolic OH excluding ortho intramolecular Hbond substituents is 1. The Morgan fingerprint density at radius 3 is 2.95 bits per heavy atom. The van der Waals surface area contributed by atoms with Crippen LogP contribution >= 0.6 is 0 Å². The fourth-order valence-electron chi connectivity index (χ4n) is 2.10. The lowest BCUT2D eigenvalue weighted by Gasteiger charge is -2.16. The Kier molecular flexibility index (Phi) is 4.47. The number of carbonyl (C=O) groups excluding carboxylic acids is 1. The molecular weight excluding hydrogens is 268 g/mol. The average Bonchev–Trinajstić information content (AvgIpc) is 2.88. The molecule has 6 nitrogen and oxygen atoms in total. The van der Waals surface area contributed by atoms with Gasteiger partial charge in [-0.2, -0.15) is 5.10 Å². The molecule has 1 atom stereocenters. The van der Waals surface area contributed by atoms with Crippen molar-refractivity contribution in [3.05, 3.63) is 41.7 Å². The van der Waals surface area contributed by atoms with E-state index in [1.165, 1.54) is 0 Å². The van der Waals surface area contributed by atoms with Crippen molar-refractivity contribution in [3.63, 3.8) is 0 Å². The summed E-state index contributed by atoms with van der Waals surface area (Å²) in [6, 6.07) is 5.44. The third-order valence-corrected chi connectivity index (χ3v) is 3.25. The molecule has 3 N–H and O–H groups in total. The first-order valence-corrected chi connectivity index (χ1v) is 6.78. The molecule has 1 amide bonds. The molecule has 1 aromatic heterocycles. The van der Waals surface area contributed by atoms with Gasteiger partial charge >= 0.3 is 0 Å². The van der Waals surface area contributed by atoms with Gasteiger partial charge in [0.05, 0.1) is 17.9 Å². The number of amides is 1. The lowest BCUT2D eigenvalue weighted by molar-refractivity contribution is -0.121. The van der Waals surface area contributed by atoms with Gasteiger partial charge in [0.25, 0.3) is 0 Å². The van der Waals surface area contributed by atoms with E-state index in [9.17, 15) is 9.90 Å². The molecule has 2 aromatic rings. The van der Waals surface area contributed by atoms with E-state index < -0.39 is 0 Å². The second kappa shape index (κ2) is 6.30. The van der Waals surface area contributed by atoms with Crippen molar-refractivity contribution in [3.8, 4) is 5.75 Å². The first-order valence-electron chi connectivity index (χ1n) is 6.78. The van der Waals surface area contributed by atoms with Gasteiger partial charge in [-0.25, -0.2) is 0 Å². The Bertz CT molecular complexity index is 636. The van der Waals surface area contributed by atoms with Crippen LogP contribution in [0.1, 0.15) is 24.1 Å². The highest BCUT2D eigenvalue weighted by Gasteiger charge is 2.12. The maximum absolute atomic E-state index is 11.3. The number of phenols is 1. The monoisotopic (exact) mass is 288 g/mol. The number of aryl methyl sites for hydroxylation is 1. The molecule has 0 radical (unpaired) electrons. The fourth-order valence-corrected chi connectivity index (χ4v) is 2.10. The third-order valence-electron chi connectivity index (χ3n) is 3.25. The molecule has 0 saturated carbocycles. The molecule has 0 fully saturated rings. The summed E-state index contributed by atoms with van der Waals surface area (Å²) in [5.41, 5.74) is 2.72. The first kappa shape index (κ1) is 14.9. The normalized spacial score (nSPS) is 12.0. The van der Waals surface area contributed by atoms with E-state index in [2.05, 4.69) is 15.7 Å². The molecule has 0 aliphatic heterocycles. The zero-order chi connectivity index (χ0) is 15.4. The number of aromatic nitrogens is 2. The van der Waals surface area contributed by atoms with Crippen LogP contribution in [0.5, 0.6) is 5.75 Å². The van der Waals surface area contributed by atoms with E-state index in [-0.39, 0.29) is 24.2 Å². The number of nitrogens with zero attached hydrogens (tertiary/aromatic N) is 2. The van der Waals surface area contributed by atoms with Crippen LogP contribution in [0, 0.1) is 6.92 Å². The van der Waals surface area contributed by atoms with Crippen LogP contribution in [-0.4, -0.2) is 27.8 Å². The van der Waals surface area contributed by atoms with Gasteiger partial charge in [0.2, 0.25) is 5.91 Å². The molecule has 1 unspecified atom stereocenters. The number of carbonyl (C=O) groups is 1. The van der Waals surface area contributed by atoms with Gasteiger partial charge in [-0.15, -0.1) is 0 Å². The van der Waals surface area contributed by atoms with E-state index in [1.807, 2.05) is 26.0 Å². The summed E-state index contributed by atoms with van der Waals surface area (Å²) in [5.74, 6) is 0.160. The van der Waals surface area contributed by atoms with Crippen LogP contribution in [0.4, 0.5) is 5.69 Å². The summed E-state index contributed by atoms with van der Waals surface area (Å²) in [4.78, 5) is 11.3. The zero-order valence-electron chi connectivity index (χ0n) is 12.4. The number of nitrogens with one attached hydrogen (secondary N) is 2. The van der Waals surface area contributed by atoms with E-state index in [1.54, 1.807) is 30.2 Å². The maximum atomic E-state index is 11.3. The topological polar surface area (TPSA) is 79.2 Å². The summed E-state index contributed by atoms with van der Waals surface area (Å²) in [6.07, 6.45) is 3.42. The maximum Gasteiger partial charge on any atom is 0.241 e. The fraction of sp³-hybridized carbons (Fsp3) is 0.333.